The molecule has 2 rings (SSSR count). The summed E-state index contributed by atoms with van der Waals surface area (Å²) in [6.07, 6.45) is 2.17. The van der Waals surface area contributed by atoms with Gasteiger partial charge in [0.25, 0.3) is 0 Å². The normalized spacial score (nSPS) is 10.4. The Labute approximate surface area is 139 Å². The summed E-state index contributed by atoms with van der Waals surface area (Å²) in [6.45, 7) is 7.92. The van der Waals surface area contributed by atoms with Crippen LogP contribution in [0.2, 0.25) is 0 Å². The number of ether oxygens (including phenoxy) is 2. The van der Waals surface area contributed by atoms with Crippen molar-refractivity contribution >= 4 is 5.69 Å². The molecule has 0 aliphatic rings. The molecule has 0 amide bonds. The van der Waals surface area contributed by atoms with E-state index in [1.807, 2.05) is 6.07 Å². The van der Waals surface area contributed by atoms with Crippen molar-refractivity contribution in [2.24, 2.45) is 0 Å². The van der Waals surface area contributed by atoms with E-state index in [4.69, 9.17) is 9.47 Å². The van der Waals surface area contributed by atoms with Crippen molar-refractivity contribution in [1.29, 1.82) is 0 Å². The van der Waals surface area contributed by atoms with Crippen LogP contribution in [-0.2, 0) is 6.54 Å². The van der Waals surface area contributed by atoms with Crippen molar-refractivity contribution in [1.82, 2.24) is 0 Å². The van der Waals surface area contributed by atoms with Crippen molar-refractivity contribution in [3.8, 4) is 11.5 Å². The molecule has 0 heterocycles. The summed E-state index contributed by atoms with van der Waals surface area (Å²) in [5.74, 6) is 1.61. The third kappa shape index (κ3) is 4.65. The van der Waals surface area contributed by atoms with Crippen LogP contribution in [0.1, 0.15) is 36.5 Å². The van der Waals surface area contributed by atoms with Gasteiger partial charge in [-0.2, -0.15) is 0 Å². The molecule has 0 spiro atoms. The summed E-state index contributed by atoms with van der Waals surface area (Å²) in [5.41, 5.74) is 4.95. The molecule has 0 radical (unpaired) electrons. The first-order valence-electron chi connectivity index (χ1n) is 8.25. The number of hydrogen-bond acceptors (Lipinski definition) is 3. The van der Waals surface area contributed by atoms with E-state index >= 15 is 0 Å². The van der Waals surface area contributed by atoms with Crippen LogP contribution in [-0.4, -0.2) is 13.7 Å². The van der Waals surface area contributed by atoms with Gasteiger partial charge in [0.2, 0.25) is 0 Å². The molecule has 0 bridgehead atoms. The Balaban J connectivity index is 2.07. The van der Waals surface area contributed by atoms with Crippen LogP contribution in [0.3, 0.4) is 0 Å². The Morgan fingerprint density at radius 2 is 1.87 bits per heavy atom. The standard InChI is InChI=1S/C20H27NO2/c1-5-6-12-23-20-13-17(10-11-19(20)22-4)14-21-18-9-7-8-15(2)16(18)3/h7-11,13,21H,5-6,12,14H2,1-4H3. The first kappa shape index (κ1) is 17.2. The fourth-order valence-electron chi connectivity index (χ4n) is 2.41. The lowest BCUT2D eigenvalue weighted by Gasteiger charge is -2.14. The van der Waals surface area contributed by atoms with E-state index < -0.39 is 0 Å². The fraction of sp³-hybridized carbons (Fsp3) is 0.400. The summed E-state index contributed by atoms with van der Waals surface area (Å²) >= 11 is 0. The SMILES string of the molecule is CCCCOc1cc(CNc2cccc(C)c2C)ccc1OC. The van der Waals surface area contributed by atoms with Crippen molar-refractivity contribution in [2.45, 2.75) is 40.2 Å². The number of nitrogens with one attached hydrogen (secondary N) is 1. The first-order chi connectivity index (χ1) is 11.2. The summed E-state index contributed by atoms with van der Waals surface area (Å²) in [7, 11) is 1.68. The van der Waals surface area contributed by atoms with Gasteiger partial charge in [-0.05, 0) is 55.2 Å². The van der Waals surface area contributed by atoms with Gasteiger partial charge in [0.1, 0.15) is 0 Å². The molecule has 2 aromatic carbocycles. The maximum atomic E-state index is 5.85. The molecular weight excluding hydrogens is 286 g/mol. The average Bonchev–Trinajstić information content (AvgIpc) is 2.56. The number of benzene rings is 2. The highest BCUT2D eigenvalue weighted by atomic mass is 16.5. The van der Waals surface area contributed by atoms with E-state index in [9.17, 15) is 0 Å². The van der Waals surface area contributed by atoms with Gasteiger partial charge in [-0.1, -0.05) is 31.5 Å². The van der Waals surface area contributed by atoms with Gasteiger partial charge in [-0.25, -0.2) is 0 Å². The lowest BCUT2D eigenvalue weighted by atomic mass is 10.1. The van der Waals surface area contributed by atoms with Crippen molar-refractivity contribution in [3.05, 3.63) is 53.1 Å². The highest BCUT2D eigenvalue weighted by Crippen LogP contribution is 2.29. The quantitative estimate of drug-likeness (QED) is 0.687. The predicted molar refractivity (Wildman–Crippen MR) is 96.6 cm³/mol. The zero-order valence-electron chi connectivity index (χ0n) is 14.6. The molecule has 0 saturated heterocycles. The number of rotatable bonds is 8. The number of hydrogen-bond donors (Lipinski definition) is 1. The van der Waals surface area contributed by atoms with Crippen LogP contribution < -0.4 is 14.8 Å². The van der Waals surface area contributed by atoms with Crippen molar-refractivity contribution < 1.29 is 9.47 Å². The Morgan fingerprint density at radius 1 is 1.04 bits per heavy atom. The summed E-state index contributed by atoms with van der Waals surface area (Å²) in [5, 5.41) is 3.51. The third-order valence-electron chi connectivity index (χ3n) is 4.07. The van der Waals surface area contributed by atoms with Crippen LogP contribution in [0.5, 0.6) is 11.5 Å². The van der Waals surface area contributed by atoms with E-state index in [2.05, 4.69) is 56.4 Å². The Bertz CT molecular complexity index is 638. The predicted octanol–water partition coefficient (Wildman–Crippen LogP) is 5.10. The Morgan fingerprint density at radius 3 is 2.61 bits per heavy atom. The minimum absolute atomic E-state index is 0.723. The monoisotopic (exact) mass is 313 g/mol. The van der Waals surface area contributed by atoms with Crippen LogP contribution in [0, 0.1) is 13.8 Å². The molecular formula is C20H27NO2. The molecule has 0 atom stereocenters. The third-order valence-corrected chi connectivity index (χ3v) is 4.07. The first-order valence-corrected chi connectivity index (χ1v) is 8.25. The molecule has 3 nitrogen and oxygen atoms in total. The van der Waals surface area contributed by atoms with Crippen molar-refractivity contribution in [2.75, 3.05) is 19.0 Å². The van der Waals surface area contributed by atoms with Gasteiger partial charge < -0.3 is 14.8 Å². The summed E-state index contributed by atoms with van der Waals surface area (Å²) in [4.78, 5) is 0. The zero-order chi connectivity index (χ0) is 16.7. The maximum absolute atomic E-state index is 5.85. The fourth-order valence-corrected chi connectivity index (χ4v) is 2.41. The van der Waals surface area contributed by atoms with E-state index in [0.717, 1.165) is 37.5 Å². The van der Waals surface area contributed by atoms with Crippen LogP contribution >= 0.6 is 0 Å². The molecule has 23 heavy (non-hydrogen) atoms. The second kappa shape index (κ2) is 8.47. The number of aryl methyl sites for hydroxylation is 1. The van der Waals surface area contributed by atoms with Crippen LogP contribution in [0.15, 0.2) is 36.4 Å². The molecule has 0 fully saturated rings. The van der Waals surface area contributed by atoms with Crippen LogP contribution in [0.4, 0.5) is 5.69 Å². The van der Waals surface area contributed by atoms with Gasteiger partial charge in [0, 0.05) is 12.2 Å². The summed E-state index contributed by atoms with van der Waals surface area (Å²) in [6, 6.07) is 12.4. The Kier molecular flexibility index (Phi) is 6.33. The number of unbranched alkanes of at least 4 members (excludes halogenated alkanes) is 1. The molecule has 3 heteroatoms. The molecule has 0 unspecified atom stereocenters. The highest BCUT2D eigenvalue weighted by molar-refractivity contribution is 5.54. The van der Waals surface area contributed by atoms with Gasteiger partial charge in [-0.3, -0.25) is 0 Å². The lowest BCUT2D eigenvalue weighted by molar-refractivity contribution is 0.288. The maximum Gasteiger partial charge on any atom is 0.161 e. The second-order valence-corrected chi connectivity index (χ2v) is 5.79. The second-order valence-electron chi connectivity index (χ2n) is 5.79. The van der Waals surface area contributed by atoms with E-state index in [-0.39, 0.29) is 0 Å². The molecule has 0 saturated carbocycles. The van der Waals surface area contributed by atoms with E-state index in [1.165, 1.54) is 22.4 Å². The summed E-state index contributed by atoms with van der Waals surface area (Å²) < 4.78 is 11.2. The Hall–Kier alpha value is -2.16. The smallest absolute Gasteiger partial charge is 0.161 e. The van der Waals surface area contributed by atoms with Gasteiger partial charge in [0.15, 0.2) is 11.5 Å². The highest BCUT2D eigenvalue weighted by Gasteiger charge is 2.07. The minimum Gasteiger partial charge on any atom is -0.493 e. The average molecular weight is 313 g/mol. The largest absolute Gasteiger partial charge is 0.493 e. The molecule has 124 valence electrons. The minimum atomic E-state index is 0.723. The molecule has 1 N–H and O–H groups in total. The zero-order valence-corrected chi connectivity index (χ0v) is 14.6. The molecule has 2 aromatic rings. The van der Waals surface area contributed by atoms with Gasteiger partial charge in [0.05, 0.1) is 13.7 Å². The van der Waals surface area contributed by atoms with Crippen LogP contribution in [0.25, 0.3) is 0 Å². The van der Waals surface area contributed by atoms with Gasteiger partial charge >= 0.3 is 0 Å². The van der Waals surface area contributed by atoms with E-state index in [0.29, 0.717) is 0 Å². The lowest BCUT2D eigenvalue weighted by Crippen LogP contribution is -2.04. The topological polar surface area (TPSA) is 30.5 Å². The van der Waals surface area contributed by atoms with Gasteiger partial charge in [-0.15, -0.1) is 0 Å². The molecule has 0 aliphatic heterocycles. The number of methoxy groups -OCH3 is 1. The van der Waals surface area contributed by atoms with Crippen molar-refractivity contribution in [3.63, 3.8) is 0 Å². The molecule has 0 aliphatic carbocycles. The number of anilines is 1. The molecule has 0 aromatic heterocycles. The van der Waals surface area contributed by atoms with E-state index in [1.54, 1.807) is 7.11 Å².